The summed E-state index contributed by atoms with van der Waals surface area (Å²) in [7, 11) is 0. The fourth-order valence-corrected chi connectivity index (χ4v) is 2.49. The number of carbonyl (C=O) groups excluding carboxylic acids is 1. The molecule has 104 valence electrons. The zero-order valence-corrected chi connectivity index (χ0v) is 13.7. The first-order chi connectivity index (χ1) is 9.51. The third-order valence-corrected chi connectivity index (χ3v) is 4.03. The Morgan fingerprint density at radius 1 is 1.25 bits per heavy atom. The van der Waals surface area contributed by atoms with Gasteiger partial charge in [-0.1, -0.05) is 40.5 Å². The van der Waals surface area contributed by atoms with Crippen molar-refractivity contribution in [1.82, 2.24) is 0 Å². The topological polar surface area (TPSA) is 29.1 Å². The molecule has 0 fully saturated rings. The number of hydrogen-bond donors (Lipinski definition) is 1. The molecular formula is C16H15BrClNO. The number of carbonyl (C=O) groups is 1. The highest BCUT2D eigenvalue weighted by Gasteiger charge is 2.10. The van der Waals surface area contributed by atoms with Gasteiger partial charge in [0.1, 0.15) is 0 Å². The largest absolute Gasteiger partial charge is 0.322 e. The maximum atomic E-state index is 12.2. The summed E-state index contributed by atoms with van der Waals surface area (Å²) in [5.74, 6) is -0.149. The van der Waals surface area contributed by atoms with E-state index < -0.39 is 0 Å². The molecule has 0 aliphatic rings. The quantitative estimate of drug-likeness (QED) is 0.805. The van der Waals surface area contributed by atoms with Crippen LogP contribution in [0.15, 0.2) is 40.9 Å². The monoisotopic (exact) mass is 351 g/mol. The van der Waals surface area contributed by atoms with Crippen molar-refractivity contribution in [2.75, 3.05) is 5.32 Å². The molecule has 0 unspecified atom stereocenters. The lowest BCUT2D eigenvalue weighted by Gasteiger charge is -2.11. The summed E-state index contributed by atoms with van der Waals surface area (Å²) in [5, 5.41) is 3.53. The minimum Gasteiger partial charge on any atom is -0.322 e. The predicted octanol–water partition coefficient (Wildman–Crippen LogP) is 5.23. The number of rotatable bonds is 3. The number of halogens is 2. The van der Waals surface area contributed by atoms with Gasteiger partial charge in [-0.25, -0.2) is 0 Å². The second-order valence-electron chi connectivity index (χ2n) is 4.57. The van der Waals surface area contributed by atoms with Crippen LogP contribution < -0.4 is 5.32 Å². The average Bonchev–Trinajstić information content (AvgIpc) is 2.43. The summed E-state index contributed by atoms with van der Waals surface area (Å²) in [6.45, 7) is 3.97. The van der Waals surface area contributed by atoms with Crippen molar-refractivity contribution in [3.8, 4) is 0 Å². The van der Waals surface area contributed by atoms with Gasteiger partial charge in [0.15, 0.2) is 0 Å². The van der Waals surface area contributed by atoms with E-state index in [1.165, 1.54) is 0 Å². The van der Waals surface area contributed by atoms with Gasteiger partial charge in [0.2, 0.25) is 0 Å². The van der Waals surface area contributed by atoms with E-state index in [1.54, 1.807) is 12.1 Å². The summed E-state index contributed by atoms with van der Waals surface area (Å²) in [4.78, 5) is 12.2. The van der Waals surface area contributed by atoms with Gasteiger partial charge < -0.3 is 5.32 Å². The molecule has 0 atom stereocenters. The molecule has 2 aromatic rings. The molecule has 1 N–H and O–H groups in total. The van der Waals surface area contributed by atoms with E-state index >= 15 is 0 Å². The van der Waals surface area contributed by atoms with Crippen molar-refractivity contribution in [2.45, 2.75) is 20.3 Å². The second kappa shape index (κ2) is 6.42. The third kappa shape index (κ3) is 3.41. The average molecular weight is 353 g/mol. The number of hydrogen-bond acceptors (Lipinski definition) is 1. The predicted molar refractivity (Wildman–Crippen MR) is 87.7 cm³/mol. The highest BCUT2D eigenvalue weighted by Crippen LogP contribution is 2.23. The minimum absolute atomic E-state index is 0.149. The Bertz CT molecular complexity index is 655. The van der Waals surface area contributed by atoms with Crippen LogP contribution in [-0.4, -0.2) is 5.91 Å². The van der Waals surface area contributed by atoms with Crippen LogP contribution >= 0.6 is 27.5 Å². The molecule has 4 heteroatoms. The van der Waals surface area contributed by atoms with Gasteiger partial charge in [-0.15, -0.1) is 0 Å². The van der Waals surface area contributed by atoms with Gasteiger partial charge in [-0.05, 0) is 54.8 Å². The van der Waals surface area contributed by atoms with Crippen molar-refractivity contribution in [1.29, 1.82) is 0 Å². The number of nitrogens with one attached hydrogen (secondary N) is 1. The van der Waals surface area contributed by atoms with Crippen molar-refractivity contribution < 1.29 is 4.79 Å². The lowest BCUT2D eigenvalue weighted by atomic mass is 10.1. The molecule has 0 spiro atoms. The van der Waals surface area contributed by atoms with E-state index in [4.69, 9.17) is 11.6 Å². The SMILES string of the molecule is CCc1cc(Br)ccc1NC(=O)c1ccc(C)c(Cl)c1. The van der Waals surface area contributed by atoms with Crippen molar-refractivity contribution in [3.63, 3.8) is 0 Å². The molecule has 2 nitrogen and oxygen atoms in total. The minimum atomic E-state index is -0.149. The normalized spacial score (nSPS) is 10.4. The molecule has 0 heterocycles. The number of amides is 1. The zero-order chi connectivity index (χ0) is 14.7. The van der Waals surface area contributed by atoms with Crippen LogP contribution in [0.4, 0.5) is 5.69 Å². The second-order valence-corrected chi connectivity index (χ2v) is 5.90. The first-order valence-corrected chi connectivity index (χ1v) is 7.54. The fourth-order valence-electron chi connectivity index (χ4n) is 1.91. The smallest absolute Gasteiger partial charge is 0.255 e. The number of benzene rings is 2. The molecule has 0 saturated heterocycles. The molecule has 20 heavy (non-hydrogen) atoms. The van der Waals surface area contributed by atoms with Gasteiger partial charge in [-0.3, -0.25) is 4.79 Å². The van der Waals surface area contributed by atoms with E-state index in [2.05, 4.69) is 28.2 Å². The van der Waals surface area contributed by atoms with Crippen molar-refractivity contribution in [2.24, 2.45) is 0 Å². The molecular weight excluding hydrogens is 338 g/mol. The standard InChI is InChI=1S/C16H15BrClNO/c1-3-11-8-13(17)6-7-15(11)19-16(20)12-5-4-10(2)14(18)9-12/h4-9H,3H2,1-2H3,(H,19,20). The lowest BCUT2D eigenvalue weighted by molar-refractivity contribution is 0.102. The van der Waals surface area contributed by atoms with Crippen molar-refractivity contribution >= 4 is 39.1 Å². The molecule has 2 rings (SSSR count). The Balaban J connectivity index is 2.25. The first-order valence-electron chi connectivity index (χ1n) is 6.37. The van der Waals surface area contributed by atoms with Gasteiger partial charge in [0, 0.05) is 20.7 Å². The van der Waals surface area contributed by atoms with Gasteiger partial charge >= 0.3 is 0 Å². The summed E-state index contributed by atoms with van der Waals surface area (Å²) < 4.78 is 1.01. The molecule has 2 aromatic carbocycles. The van der Waals surface area contributed by atoms with Gasteiger partial charge in [0.25, 0.3) is 5.91 Å². The maximum Gasteiger partial charge on any atom is 0.255 e. The third-order valence-electron chi connectivity index (χ3n) is 3.13. The summed E-state index contributed by atoms with van der Waals surface area (Å²) in [6, 6.07) is 11.1. The maximum absolute atomic E-state index is 12.2. The number of anilines is 1. The van der Waals surface area contributed by atoms with E-state index in [0.29, 0.717) is 10.6 Å². The lowest BCUT2D eigenvalue weighted by Crippen LogP contribution is -2.13. The van der Waals surface area contributed by atoms with Crippen LogP contribution in [0.3, 0.4) is 0 Å². The Morgan fingerprint density at radius 3 is 2.65 bits per heavy atom. The highest BCUT2D eigenvalue weighted by molar-refractivity contribution is 9.10. The van der Waals surface area contributed by atoms with Gasteiger partial charge in [0.05, 0.1) is 0 Å². The van der Waals surface area contributed by atoms with Crippen LogP contribution in [0.1, 0.15) is 28.4 Å². The molecule has 1 amide bonds. The summed E-state index contributed by atoms with van der Waals surface area (Å²) >= 11 is 9.49. The molecule has 0 aliphatic heterocycles. The first kappa shape index (κ1) is 15.1. The summed E-state index contributed by atoms with van der Waals surface area (Å²) in [6.07, 6.45) is 0.851. The van der Waals surface area contributed by atoms with Crippen LogP contribution in [0.5, 0.6) is 0 Å². The van der Waals surface area contributed by atoms with E-state index in [9.17, 15) is 4.79 Å². The highest BCUT2D eigenvalue weighted by atomic mass is 79.9. The Labute approximate surface area is 132 Å². The fraction of sp³-hybridized carbons (Fsp3) is 0.188. The van der Waals surface area contributed by atoms with E-state index in [1.807, 2.05) is 31.2 Å². The number of aryl methyl sites for hydroxylation is 2. The molecule has 0 bridgehead atoms. The zero-order valence-electron chi connectivity index (χ0n) is 11.3. The van der Waals surface area contributed by atoms with Gasteiger partial charge in [-0.2, -0.15) is 0 Å². The Hall–Kier alpha value is -1.32. The van der Waals surface area contributed by atoms with Crippen LogP contribution in [0.2, 0.25) is 5.02 Å². The Morgan fingerprint density at radius 2 is 2.00 bits per heavy atom. The Kier molecular flexibility index (Phi) is 4.84. The van der Waals surface area contributed by atoms with Crippen molar-refractivity contribution in [3.05, 3.63) is 62.6 Å². The van der Waals surface area contributed by atoms with E-state index in [-0.39, 0.29) is 5.91 Å². The molecule has 0 radical (unpaired) electrons. The van der Waals surface area contributed by atoms with E-state index in [0.717, 1.165) is 27.7 Å². The van der Waals surface area contributed by atoms with Crippen LogP contribution in [-0.2, 0) is 6.42 Å². The molecule has 0 saturated carbocycles. The van der Waals surface area contributed by atoms with Crippen LogP contribution in [0.25, 0.3) is 0 Å². The summed E-state index contributed by atoms with van der Waals surface area (Å²) in [5.41, 5.74) is 3.44. The molecule has 0 aromatic heterocycles. The molecule has 0 aliphatic carbocycles. The van der Waals surface area contributed by atoms with Crippen LogP contribution in [0, 0.1) is 6.92 Å².